The molecule has 2 aromatic carbocycles. The molecule has 0 bridgehead atoms. The summed E-state index contributed by atoms with van der Waals surface area (Å²) in [6.07, 6.45) is 1.85. The number of amides is 1. The first kappa shape index (κ1) is 13.6. The van der Waals surface area contributed by atoms with Gasteiger partial charge in [0.25, 0.3) is 0 Å². The van der Waals surface area contributed by atoms with Gasteiger partial charge in [0, 0.05) is 24.6 Å². The highest BCUT2D eigenvalue weighted by molar-refractivity contribution is 6.14. The van der Waals surface area contributed by atoms with Crippen molar-refractivity contribution in [3.8, 4) is 0 Å². The number of benzene rings is 2. The highest BCUT2D eigenvalue weighted by Crippen LogP contribution is 2.32. The van der Waals surface area contributed by atoms with Gasteiger partial charge in [-0.15, -0.1) is 0 Å². The third-order valence-corrected chi connectivity index (χ3v) is 3.88. The van der Waals surface area contributed by atoms with E-state index >= 15 is 0 Å². The lowest BCUT2D eigenvalue weighted by Gasteiger charge is -2.30. The maximum atomic E-state index is 12.7. The Morgan fingerprint density at radius 3 is 2.48 bits per heavy atom. The van der Waals surface area contributed by atoms with Gasteiger partial charge in [-0.2, -0.15) is 0 Å². The van der Waals surface area contributed by atoms with Crippen LogP contribution in [0.25, 0.3) is 0 Å². The number of carbonyl (C=O) groups excluding carboxylic acids is 2. The first-order chi connectivity index (χ1) is 10.2. The van der Waals surface area contributed by atoms with E-state index in [1.54, 1.807) is 11.8 Å². The van der Waals surface area contributed by atoms with Crippen LogP contribution in [0.2, 0.25) is 0 Å². The van der Waals surface area contributed by atoms with E-state index in [4.69, 9.17) is 0 Å². The largest absolute Gasteiger partial charge is 0.312 e. The van der Waals surface area contributed by atoms with E-state index in [2.05, 4.69) is 0 Å². The smallest absolute Gasteiger partial charge is 0.223 e. The zero-order valence-corrected chi connectivity index (χ0v) is 12.0. The van der Waals surface area contributed by atoms with Crippen LogP contribution in [0.15, 0.2) is 48.5 Å². The average molecular weight is 279 g/mol. The van der Waals surface area contributed by atoms with Crippen LogP contribution in [0, 0.1) is 0 Å². The predicted molar refractivity (Wildman–Crippen MR) is 82.7 cm³/mol. The van der Waals surface area contributed by atoms with Crippen molar-refractivity contribution in [2.24, 2.45) is 0 Å². The van der Waals surface area contributed by atoms with Crippen LogP contribution < -0.4 is 4.90 Å². The van der Waals surface area contributed by atoms with Crippen LogP contribution in [-0.2, 0) is 11.2 Å². The van der Waals surface area contributed by atoms with E-state index in [9.17, 15) is 9.59 Å². The Balaban J connectivity index is 2.12. The van der Waals surface area contributed by atoms with E-state index in [1.165, 1.54) is 0 Å². The SMILES string of the molecule is CC(=O)N1CCCc2cccc(C(=O)c3ccccc3)c21. The molecular weight excluding hydrogens is 262 g/mol. The molecule has 0 saturated heterocycles. The summed E-state index contributed by atoms with van der Waals surface area (Å²) in [6, 6.07) is 14.9. The van der Waals surface area contributed by atoms with Crippen molar-refractivity contribution < 1.29 is 9.59 Å². The molecule has 0 N–H and O–H groups in total. The van der Waals surface area contributed by atoms with Gasteiger partial charge < -0.3 is 4.90 Å². The Hall–Kier alpha value is -2.42. The maximum absolute atomic E-state index is 12.7. The highest BCUT2D eigenvalue weighted by atomic mass is 16.2. The van der Waals surface area contributed by atoms with Gasteiger partial charge in [0.05, 0.1) is 5.69 Å². The standard InChI is InChI=1S/C18H17NO2/c1-13(20)19-12-6-10-14-9-5-11-16(17(14)19)18(21)15-7-3-2-4-8-15/h2-5,7-9,11H,6,10,12H2,1H3. The number of hydrogen-bond acceptors (Lipinski definition) is 2. The van der Waals surface area contributed by atoms with Gasteiger partial charge in [-0.3, -0.25) is 9.59 Å². The summed E-state index contributed by atoms with van der Waals surface area (Å²) in [5.74, 6) is -0.0372. The lowest BCUT2D eigenvalue weighted by molar-refractivity contribution is -0.116. The first-order valence-electron chi connectivity index (χ1n) is 7.18. The molecular formula is C18H17NO2. The molecule has 3 rings (SSSR count). The minimum Gasteiger partial charge on any atom is -0.312 e. The van der Waals surface area contributed by atoms with Crippen LogP contribution in [0.4, 0.5) is 5.69 Å². The number of para-hydroxylation sites is 1. The van der Waals surface area contributed by atoms with Crippen molar-refractivity contribution in [2.45, 2.75) is 19.8 Å². The lowest BCUT2D eigenvalue weighted by Crippen LogP contribution is -2.35. The summed E-state index contributed by atoms with van der Waals surface area (Å²) in [4.78, 5) is 26.4. The molecule has 2 aromatic rings. The van der Waals surface area contributed by atoms with Crippen molar-refractivity contribution >= 4 is 17.4 Å². The minimum absolute atomic E-state index is 0.00994. The molecule has 0 aromatic heterocycles. The van der Waals surface area contributed by atoms with Gasteiger partial charge >= 0.3 is 0 Å². The van der Waals surface area contributed by atoms with Crippen molar-refractivity contribution in [3.05, 3.63) is 65.2 Å². The zero-order valence-electron chi connectivity index (χ0n) is 12.0. The molecule has 106 valence electrons. The average Bonchev–Trinajstić information content (AvgIpc) is 2.53. The Kier molecular flexibility index (Phi) is 3.57. The van der Waals surface area contributed by atoms with E-state index in [0.717, 1.165) is 24.1 Å². The fraction of sp³-hybridized carbons (Fsp3) is 0.222. The third kappa shape index (κ3) is 2.47. The summed E-state index contributed by atoms with van der Waals surface area (Å²) in [7, 11) is 0. The minimum atomic E-state index is -0.0272. The number of fused-ring (bicyclic) bond motifs is 1. The molecule has 1 aliphatic heterocycles. The zero-order chi connectivity index (χ0) is 14.8. The molecule has 3 heteroatoms. The molecule has 0 radical (unpaired) electrons. The van der Waals surface area contributed by atoms with Gasteiger partial charge in [-0.1, -0.05) is 42.5 Å². The maximum Gasteiger partial charge on any atom is 0.223 e. The van der Waals surface area contributed by atoms with Crippen molar-refractivity contribution in [1.29, 1.82) is 0 Å². The molecule has 1 heterocycles. The van der Waals surface area contributed by atoms with Gasteiger partial charge in [0.15, 0.2) is 5.78 Å². The molecule has 0 spiro atoms. The molecule has 3 nitrogen and oxygen atoms in total. The Morgan fingerprint density at radius 2 is 1.76 bits per heavy atom. The molecule has 0 saturated carbocycles. The second kappa shape index (κ2) is 5.52. The Labute approximate surface area is 124 Å². The monoisotopic (exact) mass is 279 g/mol. The fourth-order valence-corrected chi connectivity index (χ4v) is 2.89. The van der Waals surface area contributed by atoms with Crippen molar-refractivity contribution in [3.63, 3.8) is 0 Å². The number of anilines is 1. The number of ketones is 1. The molecule has 0 atom stereocenters. The predicted octanol–water partition coefficient (Wildman–Crippen LogP) is 3.22. The van der Waals surface area contributed by atoms with Gasteiger partial charge in [0.2, 0.25) is 5.91 Å². The van der Waals surface area contributed by atoms with Crippen LogP contribution in [0.3, 0.4) is 0 Å². The van der Waals surface area contributed by atoms with E-state index in [0.29, 0.717) is 17.7 Å². The quantitative estimate of drug-likeness (QED) is 0.792. The lowest BCUT2D eigenvalue weighted by atomic mass is 9.93. The van der Waals surface area contributed by atoms with E-state index in [1.807, 2.05) is 48.5 Å². The summed E-state index contributed by atoms with van der Waals surface area (Å²) < 4.78 is 0. The summed E-state index contributed by atoms with van der Waals surface area (Å²) in [6.45, 7) is 2.24. The number of hydrogen-bond donors (Lipinski definition) is 0. The molecule has 0 unspecified atom stereocenters. The Bertz CT molecular complexity index is 692. The van der Waals surface area contributed by atoms with Crippen LogP contribution in [0.1, 0.15) is 34.8 Å². The summed E-state index contributed by atoms with van der Waals surface area (Å²) in [5, 5.41) is 0. The molecule has 1 amide bonds. The van der Waals surface area contributed by atoms with Crippen LogP contribution in [-0.4, -0.2) is 18.2 Å². The number of rotatable bonds is 2. The van der Waals surface area contributed by atoms with E-state index < -0.39 is 0 Å². The normalized spacial score (nSPS) is 13.7. The van der Waals surface area contributed by atoms with Crippen LogP contribution >= 0.6 is 0 Å². The molecule has 0 fully saturated rings. The number of carbonyl (C=O) groups is 2. The summed E-state index contributed by atoms with van der Waals surface area (Å²) >= 11 is 0. The van der Waals surface area contributed by atoms with Crippen LogP contribution in [0.5, 0.6) is 0 Å². The van der Waals surface area contributed by atoms with Gasteiger partial charge in [0.1, 0.15) is 0 Å². The number of aryl methyl sites for hydroxylation is 1. The van der Waals surface area contributed by atoms with Crippen molar-refractivity contribution in [2.75, 3.05) is 11.4 Å². The summed E-state index contributed by atoms with van der Waals surface area (Å²) in [5.41, 5.74) is 3.15. The molecule has 21 heavy (non-hydrogen) atoms. The number of nitrogens with zero attached hydrogens (tertiary/aromatic N) is 1. The van der Waals surface area contributed by atoms with Crippen molar-refractivity contribution in [1.82, 2.24) is 0 Å². The fourth-order valence-electron chi connectivity index (χ4n) is 2.89. The molecule has 0 aliphatic carbocycles. The topological polar surface area (TPSA) is 37.4 Å². The van der Waals surface area contributed by atoms with E-state index in [-0.39, 0.29) is 11.7 Å². The van der Waals surface area contributed by atoms with Gasteiger partial charge in [-0.25, -0.2) is 0 Å². The second-order valence-corrected chi connectivity index (χ2v) is 5.28. The third-order valence-electron chi connectivity index (χ3n) is 3.88. The highest BCUT2D eigenvalue weighted by Gasteiger charge is 2.25. The molecule has 1 aliphatic rings. The van der Waals surface area contributed by atoms with Gasteiger partial charge in [-0.05, 0) is 24.5 Å². The first-order valence-corrected chi connectivity index (χ1v) is 7.18. The Morgan fingerprint density at radius 1 is 1.00 bits per heavy atom. The second-order valence-electron chi connectivity index (χ2n) is 5.28.